The SMILES string of the molecule is CC(N)=O.C[N+](C)(C)CCO.C[N+](C)(C)CCO.C[N+](C)(C)CCO.N=C(N)NCCC[C@H](N)C(=O)O.N=C(N)NCCC[C@H](N)C(=O)O.N=C(N)NCCC[C@H](N)C(=O)O.N=C(N)NCCC[C@H](N)C(=O)[O-].NCC(=O)[O-].NCC(=O)[O-]. The third-order valence-electron chi connectivity index (χ3n) is 7.93. The van der Waals surface area contributed by atoms with Crippen molar-refractivity contribution >= 4 is 65.6 Å². The van der Waals surface area contributed by atoms with Crippen molar-refractivity contribution in [2.45, 2.75) is 82.5 Å². The van der Waals surface area contributed by atoms with E-state index in [1.807, 2.05) is 0 Å². The highest BCUT2D eigenvalue weighted by Gasteiger charge is 2.12. The van der Waals surface area contributed by atoms with Gasteiger partial charge in [-0.3, -0.25) is 40.8 Å². The molecule has 0 rings (SSSR count). The molecule has 0 aliphatic carbocycles. The van der Waals surface area contributed by atoms with E-state index in [4.69, 9.17) is 118 Å². The van der Waals surface area contributed by atoms with Crippen LogP contribution in [0.4, 0.5) is 0 Å². The molecule has 38 heteroatoms. The van der Waals surface area contributed by atoms with Crippen LogP contribution >= 0.6 is 0 Å². The first-order valence-corrected chi connectivity index (χ1v) is 25.1. The second kappa shape index (κ2) is 64.1. The van der Waals surface area contributed by atoms with Gasteiger partial charge in [-0.1, -0.05) is 0 Å². The molecule has 83 heavy (non-hydrogen) atoms. The first kappa shape index (κ1) is 98.0. The Balaban J connectivity index is -0.0000000910. The highest BCUT2D eigenvalue weighted by Crippen LogP contribution is 1.95. The summed E-state index contributed by atoms with van der Waals surface area (Å²) in [4.78, 5) is 68.2. The number of aliphatic carboxylic acids is 6. The van der Waals surface area contributed by atoms with Gasteiger partial charge in [0.05, 0.1) is 101 Å². The number of carboxylic acids is 6. The lowest BCUT2D eigenvalue weighted by Crippen LogP contribution is -2.42. The minimum absolute atomic E-state index is 0.112. The number of rotatable bonds is 28. The number of carboxylic acid groups (broad SMARTS) is 6. The number of carbonyl (C=O) groups is 7. The summed E-state index contributed by atoms with van der Waals surface area (Å²) in [5.74, 6) is -7.49. The van der Waals surface area contributed by atoms with Gasteiger partial charge >= 0.3 is 17.9 Å². The molecule has 0 aromatic heterocycles. The first-order chi connectivity index (χ1) is 37.6. The molecule has 496 valence electrons. The van der Waals surface area contributed by atoms with E-state index in [0.29, 0.717) is 77.5 Å². The predicted octanol–water partition coefficient (Wildman–Crippen LogP) is -12.8. The average molecular weight is 1220 g/mol. The van der Waals surface area contributed by atoms with Crippen molar-refractivity contribution < 1.29 is 93.0 Å². The number of hydrogen-bond donors (Lipinski definition) is 25. The second-order valence-corrected chi connectivity index (χ2v) is 19.7. The van der Waals surface area contributed by atoms with E-state index in [9.17, 15) is 29.1 Å². The number of likely N-dealkylation sites (N-methyl/N-ethyl adjacent to an activating group) is 3. The second-order valence-electron chi connectivity index (χ2n) is 19.7. The van der Waals surface area contributed by atoms with E-state index in [1.54, 1.807) is 0 Å². The molecule has 0 aromatic rings. The maximum atomic E-state index is 10.2. The maximum Gasteiger partial charge on any atom is 0.320 e. The van der Waals surface area contributed by atoms with Crippen LogP contribution in [-0.4, -0.2) is 276 Å². The number of aliphatic hydroxyl groups excluding tert-OH is 3. The molecule has 0 bridgehead atoms. The van der Waals surface area contributed by atoms with Crippen molar-refractivity contribution in [3.8, 4) is 0 Å². The molecule has 0 radical (unpaired) electrons. The average Bonchev–Trinajstić information content (AvgIpc) is 3.31. The summed E-state index contributed by atoms with van der Waals surface area (Å²) in [5, 5.41) is 116. The topological polar surface area (TPSA) is 740 Å². The molecular weight excluding hydrogens is 1100 g/mol. The van der Waals surface area contributed by atoms with E-state index < -0.39 is 60.0 Å². The fourth-order valence-electron chi connectivity index (χ4n) is 3.57. The Bertz CT molecular complexity index is 1500. The van der Waals surface area contributed by atoms with Gasteiger partial charge in [0.2, 0.25) is 5.91 Å². The molecule has 0 saturated heterocycles. The van der Waals surface area contributed by atoms with Gasteiger partial charge in [0.1, 0.15) is 37.8 Å². The third kappa shape index (κ3) is 142. The van der Waals surface area contributed by atoms with Gasteiger partial charge < -0.3 is 158 Å². The van der Waals surface area contributed by atoms with E-state index in [0.717, 1.165) is 33.1 Å². The smallest absolute Gasteiger partial charge is 0.320 e. The van der Waals surface area contributed by atoms with Crippen molar-refractivity contribution in [3.63, 3.8) is 0 Å². The summed E-state index contributed by atoms with van der Waals surface area (Å²) >= 11 is 0. The Labute approximate surface area is 488 Å². The summed E-state index contributed by atoms with van der Waals surface area (Å²) in [6, 6.07) is -3.39. The van der Waals surface area contributed by atoms with E-state index in [-0.39, 0.29) is 62.7 Å². The van der Waals surface area contributed by atoms with Gasteiger partial charge in [0.25, 0.3) is 0 Å². The zero-order valence-electron chi connectivity index (χ0n) is 50.4. The minimum Gasteiger partial charge on any atom is -0.549 e. The highest BCUT2D eigenvalue weighted by atomic mass is 16.4. The summed E-state index contributed by atoms with van der Waals surface area (Å²) in [6.07, 6.45) is 3.80. The van der Waals surface area contributed by atoms with Gasteiger partial charge in [-0.15, -0.1) is 0 Å². The molecular formula is C45H110N22O16. The van der Waals surface area contributed by atoms with Crippen LogP contribution in [0.2, 0.25) is 0 Å². The fourth-order valence-corrected chi connectivity index (χ4v) is 3.57. The van der Waals surface area contributed by atoms with Crippen LogP contribution in [0.15, 0.2) is 0 Å². The molecule has 0 fully saturated rings. The van der Waals surface area contributed by atoms with Crippen LogP contribution in [-0.2, 0) is 33.6 Å². The van der Waals surface area contributed by atoms with Crippen molar-refractivity contribution in [1.29, 1.82) is 21.6 Å². The van der Waals surface area contributed by atoms with Gasteiger partial charge in [0, 0.05) is 52.2 Å². The quantitative estimate of drug-likeness (QED) is 0.0150. The Kier molecular flexibility index (Phi) is 75.7. The number of hydrogen-bond acceptors (Lipinski definition) is 23. The Hall–Kier alpha value is -7.11. The van der Waals surface area contributed by atoms with Crippen molar-refractivity contribution in [2.75, 3.05) is 142 Å². The molecule has 36 N–H and O–H groups in total. The number of nitrogens with one attached hydrogen (secondary N) is 8. The summed E-state index contributed by atoms with van der Waals surface area (Å²) in [7, 11) is 18.5. The molecule has 0 saturated carbocycles. The third-order valence-corrected chi connectivity index (χ3v) is 7.93. The fraction of sp³-hybridized carbons (Fsp3) is 0.756. The zero-order chi connectivity index (χ0) is 68.1. The lowest BCUT2D eigenvalue weighted by atomic mass is 10.2. The van der Waals surface area contributed by atoms with Crippen molar-refractivity contribution in [2.24, 2.45) is 63.1 Å². The maximum absolute atomic E-state index is 10.2. The number of carbonyl (C=O) groups excluding carboxylic acids is 4. The molecule has 0 aromatic carbocycles. The van der Waals surface area contributed by atoms with Crippen LogP contribution in [0.1, 0.15) is 58.3 Å². The van der Waals surface area contributed by atoms with Gasteiger partial charge in [-0.05, 0) is 51.4 Å². The van der Waals surface area contributed by atoms with Crippen molar-refractivity contribution in [1.82, 2.24) is 21.3 Å². The number of guanidine groups is 4. The molecule has 1 amide bonds. The molecule has 0 spiro atoms. The molecule has 0 heterocycles. The van der Waals surface area contributed by atoms with Crippen molar-refractivity contribution in [3.05, 3.63) is 0 Å². The molecule has 0 aliphatic heterocycles. The number of amides is 1. The van der Waals surface area contributed by atoms with Crippen LogP contribution in [0.25, 0.3) is 0 Å². The normalized spacial score (nSPS) is 11.2. The lowest BCUT2D eigenvalue weighted by Gasteiger charge is -2.21. The van der Waals surface area contributed by atoms with Gasteiger partial charge in [-0.25, -0.2) is 0 Å². The first-order valence-electron chi connectivity index (χ1n) is 25.1. The lowest BCUT2D eigenvalue weighted by molar-refractivity contribution is -0.870. The number of quaternary nitrogens is 3. The Morgan fingerprint density at radius 1 is 0.422 bits per heavy atom. The number of nitrogens with two attached hydrogens (primary N) is 11. The van der Waals surface area contributed by atoms with E-state index >= 15 is 0 Å². The van der Waals surface area contributed by atoms with E-state index in [2.05, 4.69) is 102 Å². The monoisotopic (exact) mass is 1210 g/mol. The highest BCUT2D eigenvalue weighted by molar-refractivity contribution is 5.76. The zero-order valence-corrected chi connectivity index (χ0v) is 50.4. The number of nitrogens with zero attached hydrogens (tertiary/aromatic N) is 3. The van der Waals surface area contributed by atoms with Crippen LogP contribution < -0.4 is 99.7 Å². The molecule has 38 nitrogen and oxygen atoms in total. The minimum atomic E-state index is -1.25. The summed E-state index contributed by atoms with van der Waals surface area (Å²) in [6.45, 7) is 5.77. The Morgan fingerprint density at radius 3 is 0.663 bits per heavy atom. The van der Waals surface area contributed by atoms with Crippen LogP contribution in [0.5, 0.6) is 0 Å². The molecule has 0 aliphatic rings. The van der Waals surface area contributed by atoms with Gasteiger partial charge in [0.15, 0.2) is 23.8 Å². The standard InChI is InChI=1S/4C6H14N4O2.3C5H14NO.2C2H5NO2.C2H5NO/c4*7-4(5(11)12)2-1-3-10-6(8)9;3*1-6(2,3)4-5-7;2*3-1-2(4)5;1-2(3)4/h4*4H,1-3,7H2,(H,11,12)(H4,8,9,10);3*7H,4-5H2,1-3H3;2*1,3H2,(H,4,5);1H3,(H2,3,4)/q;;;;3*+1;;;/p-3/t4*4-;;;;;;/m0000....../s1. The van der Waals surface area contributed by atoms with Gasteiger partial charge in [-0.2, -0.15) is 0 Å². The summed E-state index contributed by atoms with van der Waals surface area (Å²) < 4.78 is 2.53. The molecule has 0 unspecified atom stereocenters. The summed E-state index contributed by atoms with van der Waals surface area (Å²) in [5.41, 5.74) is 54.3. The molecule has 4 atom stereocenters. The largest absolute Gasteiger partial charge is 0.549 e. The van der Waals surface area contributed by atoms with E-state index in [1.165, 1.54) is 6.92 Å². The Morgan fingerprint density at radius 2 is 0.578 bits per heavy atom. The van der Waals surface area contributed by atoms with Crippen LogP contribution in [0.3, 0.4) is 0 Å². The number of aliphatic hydroxyl groups is 3. The predicted molar refractivity (Wildman–Crippen MR) is 309 cm³/mol. The number of primary amides is 1. The van der Waals surface area contributed by atoms with Crippen LogP contribution in [0, 0.1) is 21.6 Å².